The number of benzene rings is 1. The summed E-state index contributed by atoms with van der Waals surface area (Å²) in [5.41, 5.74) is 2.10. The van der Waals surface area contributed by atoms with Crippen LogP contribution in [0.5, 0.6) is 0 Å². The van der Waals surface area contributed by atoms with Crippen LogP contribution in [0.3, 0.4) is 0 Å². The van der Waals surface area contributed by atoms with E-state index in [9.17, 15) is 4.79 Å². The summed E-state index contributed by atoms with van der Waals surface area (Å²) in [5, 5.41) is 4.21. The molecule has 0 saturated heterocycles. The molecule has 0 fully saturated rings. The van der Waals surface area contributed by atoms with E-state index in [1.165, 1.54) is 7.05 Å². The number of fused-ring (bicyclic) bond motifs is 1. The van der Waals surface area contributed by atoms with E-state index in [1.54, 1.807) is 0 Å². The number of amides is 1. The van der Waals surface area contributed by atoms with E-state index in [2.05, 4.69) is 10.3 Å². The van der Waals surface area contributed by atoms with Crippen LogP contribution in [0.25, 0.3) is 10.9 Å². The normalized spacial score (nSPS) is 10.5. The second-order valence-corrected chi connectivity index (χ2v) is 4.08. The summed E-state index contributed by atoms with van der Waals surface area (Å²) >= 11 is 5.90. The van der Waals surface area contributed by atoms with Crippen molar-refractivity contribution in [3.05, 3.63) is 35.0 Å². The van der Waals surface area contributed by atoms with Crippen molar-refractivity contribution < 1.29 is 9.53 Å². The first-order valence-electron chi connectivity index (χ1n) is 5.30. The van der Waals surface area contributed by atoms with Gasteiger partial charge in [-0.2, -0.15) is 0 Å². The lowest BCUT2D eigenvalue weighted by molar-refractivity contribution is 0.150. The Bertz CT molecular complexity index is 536. The molecule has 1 amide bonds. The van der Waals surface area contributed by atoms with Crippen LogP contribution in [0, 0.1) is 0 Å². The molecular formula is C12H13ClN2O2. The van der Waals surface area contributed by atoms with Crippen molar-refractivity contribution in [2.45, 2.75) is 6.42 Å². The Hall–Kier alpha value is -1.68. The number of aromatic nitrogens is 1. The van der Waals surface area contributed by atoms with Gasteiger partial charge in [0.1, 0.15) is 0 Å². The van der Waals surface area contributed by atoms with Gasteiger partial charge in [-0.25, -0.2) is 4.79 Å². The van der Waals surface area contributed by atoms with Crippen LogP contribution in [-0.2, 0) is 11.2 Å². The molecule has 0 atom stereocenters. The fraction of sp³-hybridized carbons (Fsp3) is 0.250. The maximum atomic E-state index is 10.9. The first-order valence-corrected chi connectivity index (χ1v) is 5.68. The van der Waals surface area contributed by atoms with E-state index in [0.717, 1.165) is 16.5 Å². The van der Waals surface area contributed by atoms with Crippen molar-refractivity contribution in [1.82, 2.24) is 10.3 Å². The minimum Gasteiger partial charge on any atom is -0.449 e. The number of nitrogens with one attached hydrogen (secondary N) is 2. The highest BCUT2D eigenvalue weighted by Gasteiger charge is 2.05. The average molecular weight is 253 g/mol. The molecule has 1 aromatic heterocycles. The van der Waals surface area contributed by atoms with Crippen LogP contribution in [0.2, 0.25) is 5.02 Å². The zero-order valence-corrected chi connectivity index (χ0v) is 10.2. The monoisotopic (exact) mass is 252 g/mol. The summed E-state index contributed by atoms with van der Waals surface area (Å²) in [5.74, 6) is 0. The van der Waals surface area contributed by atoms with Crippen LogP contribution >= 0.6 is 11.6 Å². The van der Waals surface area contributed by atoms with Gasteiger partial charge in [0.25, 0.3) is 0 Å². The van der Waals surface area contributed by atoms with E-state index in [0.29, 0.717) is 18.1 Å². The van der Waals surface area contributed by atoms with Gasteiger partial charge in [-0.05, 0) is 17.7 Å². The van der Waals surface area contributed by atoms with Crippen molar-refractivity contribution in [2.75, 3.05) is 13.7 Å². The average Bonchev–Trinajstić information content (AvgIpc) is 2.71. The lowest BCUT2D eigenvalue weighted by Gasteiger charge is -2.02. The summed E-state index contributed by atoms with van der Waals surface area (Å²) in [4.78, 5) is 14.0. The molecule has 4 nitrogen and oxygen atoms in total. The highest BCUT2D eigenvalue weighted by molar-refractivity contribution is 6.31. The summed E-state index contributed by atoms with van der Waals surface area (Å²) in [6.07, 6.45) is 2.18. The first kappa shape index (κ1) is 11.8. The lowest BCUT2D eigenvalue weighted by atomic mass is 10.1. The molecule has 0 aliphatic heterocycles. The van der Waals surface area contributed by atoms with Crippen molar-refractivity contribution in [3.8, 4) is 0 Å². The second kappa shape index (κ2) is 5.10. The quantitative estimate of drug-likeness (QED) is 0.883. The van der Waals surface area contributed by atoms with Gasteiger partial charge in [-0.15, -0.1) is 0 Å². The number of H-pyrrole nitrogens is 1. The first-order chi connectivity index (χ1) is 8.20. The maximum Gasteiger partial charge on any atom is 0.406 e. The Balaban J connectivity index is 2.06. The summed E-state index contributed by atoms with van der Waals surface area (Å²) in [7, 11) is 1.54. The maximum absolute atomic E-state index is 10.9. The molecule has 0 spiro atoms. The Morgan fingerprint density at radius 1 is 1.53 bits per heavy atom. The van der Waals surface area contributed by atoms with E-state index in [1.807, 2.05) is 24.4 Å². The largest absolute Gasteiger partial charge is 0.449 e. The highest BCUT2D eigenvalue weighted by atomic mass is 35.5. The van der Waals surface area contributed by atoms with Gasteiger partial charge in [-0.3, -0.25) is 0 Å². The predicted molar refractivity (Wildman–Crippen MR) is 67.4 cm³/mol. The standard InChI is InChI=1S/C12H13ClN2O2/c1-14-12(16)17-5-4-8-7-15-11-6-9(13)2-3-10(8)11/h2-3,6-7,15H,4-5H2,1H3,(H,14,16). The predicted octanol–water partition coefficient (Wildman–Crippen LogP) is 2.72. The van der Waals surface area contributed by atoms with Gasteiger partial charge < -0.3 is 15.0 Å². The van der Waals surface area contributed by atoms with Gasteiger partial charge >= 0.3 is 6.09 Å². The molecule has 0 bridgehead atoms. The number of aromatic amines is 1. The minimum absolute atomic E-state index is 0.356. The third kappa shape index (κ3) is 2.71. The number of hydrogen-bond acceptors (Lipinski definition) is 2. The molecule has 90 valence electrons. The summed E-state index contributed by atoms with van der Waals surface area (Å²) in [6, 6.07) is 5.68. The van der Waals surface area contributed by atoms with Crippen molar-refractivity contribution >= 4 is 28.6 Å². The number of ether oxygens (including phenoxy) is 1. The van der Waals surface area contributed by atoms with Crippen LogP contribution in [-0.4, -0.2) is 24.7 Å². The summed E-state index contributed by atoms with van der Waals surface area (Å²) < 4.78 is 4.95. The van der Waals surface area contributed by atoms with Gasteiger partial charge in [-0.1, -0.05) is 17.7 Å². The van der Waals surface area contributed by atoms with E-state index in [4.69, 9.17) is 16.3 Å². The van der Waals surface area contributed by atoms with Crippen LogP contribution < -0.4 is 5.32 Å². The molecule has 0 aliphatic rings. The van der Waals surface area contributed by atoms with Crippen molar-refractivity contribution in [2.24, 2.45) is 0 Å². The molecule has 0 radical (unpaired) electrons. The molecule has 0 saturated carbocycles. The Morgan fingerprint density at radius 3 is 3.12 bits per heavy atom. The van der Waals surface area contributed by atoms with Gasteiger partial charge in [0.15, 0.2) is 0 Å². The Kier molecular flexibility index (Phi) is 3.54. The SMILES string of the molecule is CNC(=O)OCCc1c[nH]c2cc(Cl)ccc12. The third-order valence-electron chi connectivity index (χ3n) is 2.54. The van der Waals surface area contributed by atoms with Gasteiger partial charge in [0, 0.05) is 35.6 Å². The second-order valence-electron chi connectivity index (χ2n) is 3.64. The Morgan fingerprint density at radius 2 is 2.35 bits per heavy atom. The molecule has 2 N–H and O–H groups in total. The number of hydrogen-bond donors (Lipinski definition) is 2. The van der Waals surface area contributed by atoms with Gasteiger partial charge in [0.2, 0.25) is 0 Å². The van der Waals surface area contributed by atoms with Gasteiger partial charge in [0.05, 0.1) is 6.61 Å². The Labute approximate surface area is 104 Å². The third-order valence-corrected chi connectivity index (χ3v) is 2.77. The molecule has 2 aromatic rings. The summed E-state index contributed by atoms with van der Waals surface area (Å²) in [6.45, 7) is 0.356. The number of halogens is 1. The van der Waals surface area contributed by atoms with E-state index >= 15 is 0 Å². The zero-order chi connectivity index (χ0) is 12.3. The van der Waals surface area contributed by atoms with Crippen molar-refractivity contribution in [1.29, 1.82) is 0 Å². The fourth-order valence-corrected chi connectivity index (χ4v) is 1.86. The van der Waals surface area contributed by atoms with E-state index in [-0.39, 0.29) is 0 Å². The topological polar surface area (TPSA) is 54.1 Å². The van der Waals surface area contributed by atoms with Crippen molar-refractivity contribution in [3.63, 3.8) is 0 Å². The smallest absolute Gasteiger partial charge is 0.406 e. The number of rotatable bonds is 3. The van der Waals surface area contributed by atoms with Crippen LogP contribution in [0.15, 0.2) is 24.4 Å². The molecule has 0 unspecified atom stereocenters. The highest BCUT2D eigenvalue weighted by Crippen LogP contribution is 2.22. The zero-order valence-electron chi connectivity index (χ0n) is 9.42. The number of alkyl carbamates (subject to hydrolysis) is 1. The molecule has 1 aromatic carbocycles. The number of carbonyl (C=O) groups is 1. The minimum atomic E-state index is -0.409. The molecule has 1 heterocycles. The van der Waals surface area contributed by atoms with Crippen LogP contribution in [0.1, 0.15) is 5.56 Å². The fourth-order valence-electron chi connectivity index (χ4n) is 1.69. The molecule has 0 aliphatic carbocycles. The molecule has 2 rings (SSSR count). The number of carbonyl (C=O) groups excluding carboxylic acids is 1. The van der Waals surface area contributed by atoms with Crippen LogP contribution in [0.4, 0.5) is 4.79 Å². The molecule has 17 heavy (non-hydrogen) atoms. The molecular weight excluding hydrogens is 240 g/mol. The molecule has 5 heteroatoms. The lowest BCUT2D eigenvalue weighted by Crippen LogP contribution is -2.20. The van der Waals surface area contributed by atoms with E-state index < -0.39 is 6.09 Å².